The number of nitrogens with zero attached hydrogens (tertiary/aromatic N) is 9. The van der Waals surface area contributed by atoms with E-state index in [1.54, 1.807) is 74.6 Å². The second-order valence-corrected chi connectivity index (χ2v) is 30.9. The molecule has 1 saturated carbocycles. The first-order valence-electron chi connectivity index (χ1n) is 34.9. The first-order chi connectivity index (χ1) is 51.4. The summed E-state index contributed by atoms with van der Waals surface area (Å²) in [5, 5.41) is 4.43. The molecule has 0 amide bonds. The number of anilines is 6. The third-order valence-corrected chi connectivity index (χ3v) is 21.9. The lowest BCUT2D eigenvalue weighted by atomic mass is 10.2. The van der Waals surface area contributed by atoms with Gasteiger partial charge in [0.05, 0.1) is 107 Å². The Morgan fingerprint density at radius 1 is 0.396 bits per heavy atom. The Bertz CT molecular complexity index is 4120. The van der Waals surface area contributed by atoms with Gasteiger partial charge in [-0.15, -0.1) is 34.0 Å². The van der Waals surface area contributed by atoms with Crippen LogP contribution in [-0.2, 0) is 36.5 Å². The Morgan fingerprint density at radius 2 is 0.726 bits per heavy atom. The van der Waals surface area contributed by atoms with Crippen molar-refractivity contribution in [3.63, 3.8) is 0 Å². The molecule has 0 saturated heterocycles. The maximum atomic E-state index is 12.6. The van der Waals surface area contributed by atoms with E-state index >= 15 is 0 Å². The molecule has 106 heavy (non-hydrogen) atoms. The lowest BCUT2D eigenvalue weighted by Gasteiger charge is -2.12. The quantitative estimate of drug-likeness (QED) is 0.0118. The molecule has 3 atom stereocenters. The van der Waals surface area contributed by atoms with Crippen LogP contribution in [0, 0.1) is 0 Å². The summed E-state index contributed by atoms with van der Waals surface area (Å²) in [7, 11) is 6.47. The standard InChI is InChI=1S/C26H35N5O5S2.C26H37N5O4S2.C21H26FN5O2S2/c1-16(37-26-29-21(27)15-22(28)30-26)23-24(17-4-5-17)38-25(31-23)18-6-7-19(33-3)20(14-18)36-13-12-35-11-10-34-9-8-32-2;1-5-7-21-24(17(3)36-26-29-22(27)16-23(28)30-26)31-25(37-21)18-8-9-19(32-4)20(15-18)35-14-13-34-12-11-33-10-6-2;1-4-5-16-19(12(2)30-21-25-17(23)11-18(24)26-21)27-20(31-16)13-6-7-14(28-3)15(10-13)29-9-8-22/h6-7,14-17H,4-5,8-13H2,1-3H3,(H4,27,28,29,30);8-9,15-17H,5-7,10-14H2,1-4H3,(H4,27,28,29,30);6-7,10-12H,4-5,8-9H2,1-3H3,(H4,23,24,25,26). The number of alkyl halides is 1. The number of hydrogen-bond donors (Lipinski definition) is 6. The van der Waals surface area contributed by atoms with Crippen LogP contribution >= 0.6 is 69.3 Å². The Balaban J connectivity index is 0.000000202. The molecule has 9 aromatic rings. The molecule has 1 fully saturated rings. The highest BCUT2D eigenvalue weighted by molar-refractivity contribution is 7.99. The minimum absolute atomic E-state index is 0.00764. The summed E-state index contributed by atoms with van der Waals surface area (Å²) < 4.78 is 73.4. The van der Waals surface area contributed by atoms with Crippen molar-refractivity contribution >= 4 is 104 Å². The zero-order chi connectivity index (χ0) is 75.9. The third kappa shape index (κ3) is 26.0. The largest absolute Gasteiger partial charge is 0.493 e. The molecule has 0 bridgehead atoms. The zero-order valence-corrected chi connectivity index (χ0v) is 66.6. The summed E-state index contributed by atoms with van der Waals surface area (Å²) in [6.45, 7) is 17.8. The second-order valence-electron chi connectivity index (χ2n) is 23.8. The molecule has 0 aliphatic heterocycles. The number of halogens is 1. The van der Waals surface area contributed by atoms with E-state index in [0.29, 0.717) is 157 Å². The number of aryl methyl sites for hydroxylation is 2. The van der Waals surface area contributed by atoms with E-state index in [1.807, 2.05) is 54.6 Å². The highest BCUT2D eigenvalue weighted by atomic mass is 32.2. The molecule has 0 radical (unpaired) electrons. The normalized spacial score (nSPS) is 12.7. The number of benzene rings is 3. The van der Waals surface area contributed by atoms with Crippen LogP contribution < -0.4 is 62.8 Å². The van der Waals surface area contributed by atoms with Crippen molar-refractivity contribution in [3.05, 3.63) is 105 Å². The van der Waals surface area contributed by atoms with Gasteiger partial charge in [-0.1, -0.05) is 68.9 Å². The summed E-state index contributed by atoms with van der Waals surface area (Å²) >= 11 is 9.56. The molecule has 26 nitrogen and oxygen atoms in total. The van der Waals surface area contributed by atoms with E-state index in [2.05, 4.69) is 71.4 Å². The molecular formula is C73H98FN15O11S6. The van der Waals surface area contributed by atoms with E-state index in [9.17, 15) is 4.39 Å². The number of nitrogen functional groups attached to an aromatic ring is 6. The first-order valence-corrected chi connectivity index (χ1v) is 40.0. The monoisotopic (exact) mass is 1570 g/mol. The molecule has 3 unspecified atom stereocenters. The van der Waals surface area contributed by atoms with E-state index < -0.39 is 6.67 Å². The minimum Gasteiger partial charge on any atom is -0.493 e. The second kappa shape index (κ2) is 43.8. The summed E-state index contributed by atoms with van der Waals surface area (Å²) in [4.78, 5) is 44.6. The smallest absolute Gasteiger partial charge is 0.192 e. The van der Waals surface area contributed by atoms with Crippen molar-refractivity contribution in [2.45, 2.75) is 124 Å². The Kier molecular flexibility index (Phi) is 34.7. The SMILES string of the molecule is CCCOCCOCCOc1cc(-c2nc(C(C)Sc3nc(N)cc(N)n3)c(CCC)s2)ccc1OC.CCCc1sc(-c2ccc(OC)c(OCCF)c2)nc1C(C)Sc1nc(N)cc(N)n1.COCCOCCOCCOc1cc(-c2nc(C(C)Sc3nc(N)cc(N)n3)c(C3CC3)s2)ccc1OC. The molecule has 0 spiro atoms. The van der Waals surface area contributed by atoms with Crippen LogP contribution in [0.5, 0.6) is 34.5 Å². The van der Waals surface area contributed by atoms with Crippen molar-refractivity contribution in [1.82, 2.24) is 44.9 Å². The first kappa shape index (κ1) is 83.8. The summed E-state index contributed by atoms with van der Waals surface area (Å²) in [6.07, 6.45) is 7.25. The fraction of sp³-hybridized carbons (Fsp3) is 0.466. The maximum absolute atomic E-state index is 12.6. The van der Waals surface area contributed by atoms with Crippen LogP contribution in [0.1, 0.15) is 127 Å². The number of methoxy groups -OCH3 is 4. The molecule has 1 aliphatic carbocycles. The number of thioether (sulfide) groups is 3. The summed E-state index contributed by atoms with van der Waals surface area (Å²) in [5.41, 5.74) is 40.9. The van der Waals surface area contributed by atoms with Crippen LogP contribution in [0.15, 0.2) is 88.3 Å². The van der Waals surface area contributed by atoms with Crippen LogP contribution in [0.3, 0.4) is 0 Å². The molecular weight excluding hydrogens is 1470 g/mol. The van der Waals surface area contributed by atoms with Crippen molar-refractivity contribution in [2.75, 3.05) is 149 Å². The van der Waals surface area contributed by atoms with E-state index in [-0.39, 0.29) is 22.4 Å². The van der Waals surface area contributed by atoms with Gasteiger partial charge in [0.15, 0.2) is 50.0 Å². The summed E-state index contributed by atoms with van der Waals surface area (Å²) in [5.74, 6) is 6.37. The predicted octanol–water partition coefficient (Wildman–Crippen LogP) is 14.9. The average Bonchev–Trinajstić information content (AvgIpc) is 1.64. The predicted molar refractivity (Wildman–Crippen MR) is 426 cm³/mol. The lowest BCUT2D eigenvalue weighted by molar-refractivity contribution is 0.0178. The molecule has 33 heteroatoms. The number of aromatic nitrogens is 9. The number of thiazole rings is 3. The van der Waals surface area contributed by atoms with Gasteiger partial charge in [-0.05, 0) is 113 Å². The van der Waals surface area contributed by atoms with Crippen molar-refractivity contribution in [3.8, 4) is 66.2 Å². The fourth-order valence-corrected chi connectivity index (χ4v) is 17.1. The van der Waals surface area contributed by atoms with E-state index in [4.69, 9.17) is 101 Å². The molecule has 10 rings (SSSR count). The van der Waals surface area contributed by atoms with Gasteiger partial charge in [0, 0.05) is 63.2 Å². The third-order valence-electron chi connectivity index (χ3n) is 15.3. The van der Waals surface area contributed by atoms with Gasteiger partial charge in [-0.3, -0.25) is 0 Å². The molecule has 574 valence electrons. The van der Waals surface area contributed by atoms with E-state index in [1.165, 1.54) is 68.8 Å². The van der Waals surface area contributed by atoms with E-state index in [0.717, 1.165) is 87.5 Å². The van der Waals surface area contributed by atoms with Crippen LogP contribution in [-0.4, -0.2) is 159 Å². The molecule has 12 N–H and O–H groups in total. The van der Waals surface area contributed by atoms with Gasteiger partial charge in [0.25, 0.3) is 0 Å². The molecule has 6 aromatic heterocycles. The van der Waals surface area contributed by atoms with Crippen molar-refractivity contribution in [1.29, 1.82) is 0 Å². The molecule has 1 aliphatic rings. The fourth-order valence-electron chi connectivity index (χ4n) is 10.3. The zero-order valence-electron chi connectivity index (χ0n) is 61.7. The Morgan fingerprint density at radius 3 is 1.07 bits per heavy atom. The summed E-state index contributed by atoms with van der Waals surface area (Å²) in [6, 6.07) is 22.0. The highest BCUT2D eigenvalue weighted by Gasteiger charge is 2.33. The minimum atomic E-state index is -0.569. The number of rotatable bonds is 42. The molecule has 3 aromatic carbocycles. The van der Waals surface area contributed by atoms with Gasteiger partial charge in [-0.25, -0.2) is 49.2 Å². The van der Waals surface area contributed by atoms with Crippen molar-refractivity contribution in [2.24, 2.45) is 0 Å². The number of hydrogen-bond acceptors (Lipinski definition) is 32. The molecule has 6 heterocycles. The highest BCUT2D eigenvalue weighted by Crippen LogP contribution is 2.51. The number of ether oxygens (including phenoxy) is 11. The maximum Gasteiger partial charge on any atom is 0.192 e. The van der Waals surface area contributed by atoms with Gasteiger partial charge in [0.2, 0.25) is 0 Å². The van der Waals surface area contributed by atoms with Crippen molar-refractivity contribution < 1.29 is 56.5 Å². The topological polar surface area (TPSA) is 374 Å². The lowest BCUT2D eigenvalue weighted by Crippen LogP contribution is -2.12. The van der Waals surface area contributed by atoms with Gasteiger partial charge in [-0.2, -0.15) is 0 Å². The average molecular weight is 1570 g/mol. The van der Waals surface area contributed by atoms with Gasteiger partial charge in [0.1, 0.15) is 76.4 Å². The van der Waals surface area contributed by atoms with Crippen LogP contribution in [0.4, 0.5) is 39.3 Å². The number of nitrogens with two attached hydrogens (primary N) is 6. The Labute approximate surface area is 644 Å². The Hall–Kier alpha value is -7.83. The van der Waals surface area contributed by atoms with Gasteiger partial charge < -0.3 is 86.5 Å². The van der Waals surface area contributed by atoms with Crippen LogP contribution in [0.2, 0.25) is 0 Å². The van der Waals surface area contributed by atoms with Crippen LogP contribution in [0.25, 0.3) is 31.7 Å². The van der Waals surface area contributed by atoms with Gasteiger partial charge >= 0.3 is 0 Å².